The molecule has 0 unspecified atom stereocenters. The molecule has 0 spiro atoms. The molecule has 1 aromatic heterocycles. The lowest BCUT2D eigenvalue weighted by Crippen LogP contribution is -2.37. The van der Waals surface area contributed by atoms with Crippen molar-refractivity contribution in [1.82, 2.24) is 14.9 Å². The fourth-order valence-corrected chi connectivity index (χ4v) is 2.91. The highest BCUT2D eigenvalue weighted by Crippen LogP contribution is 2.25. The molecule has 0 aliphatic carbocycles. The van der Waals surface area contributed by atoms with E-state index in [4.69, 9.17) is 4.74 Å². The maximum Gasteiger partial charge on any atom is 0.323 e. The van der Waals surface area contributed by atoms with E-state index in [1.807, 2.05) is 19.3 Å². The van der Waals surface area contributed by atoms with Crippen molar-refractivity contribution in [3.05, 3.63) is 18.2 Å². The van der Waals surface area contributed by atoms with E-state index in [-0.39, 0.29) is 18.1 Å². The van der Waals surface area contributed by atoms with Crippen molar-refractivity contribution >= 4 is 5.97 Å². The molecule has 3 atom stereocenters. The summed E-state index contributed by atoms with van der Waals surface area (Å²) in [5.41, 5.74) is 0. The highest BCUT2D eigenvalue weighted by atomic mass is 16.6. The number of nitrogens with one attached hydrogen (secondary N) is 1. The summed E-state index contributed by atoms with van der Waals surface area (Å²) in [6.07, 6.45) is 7.04. The van der Waals surface area contributed by atoms with Gasteiger partial charge in [0.1, 0.15) is 18.0 Å². The number of hydrogen-bond donors (Lipinski definition) is 1. The molecule has 2 aliphatic heterocycles. The molecule has 18 heavy (non-hydrogen) atoms. The number of carbonyl (C=O) groups excluding carboxylic acids is 1. The van der Waals surface area contributed by atoms with Gasteiger partial charge in [0.2, 0.25) is 0 Å². The molecule has 5 heteroatoms. The van der Waals surface area contributed by atoms with E-state index in [9.17, 15) is 4.79 Å². The van der Waals surface area contributed by atoms with Crippen LogP contribution < -0.4 is 5.32 Å². The summed E-state index contributed by atoms with van der Waals surface area (Å²) >= 11 is 0. The van der Waals surface area contributed by atoms with Gasteiger partial charge in [-0.15, -0.1) is 0 Å². The van der Waals surface area contributed by atoms with Crippen LogP contribution >= 0.6 is 0 Å². The fraction of sp³-hybridized carbons (Fsp3) is 0.692. The van der Waals surface area contributed by atoms with Crippen LogP contribution in [0, 0.1) is 0 Å². The standard InChI is InChI=1S/C13H19N3O2/c1-9-7-11(13(17)18-9)15-8-10-3-2-5-16-6-4-14-12(10)16/h4,6,9-11,15H,2-3,5,7-8H2,1H3/t9-,10-,11+/m1/s1. The molecule has 1 fully saturated rings. The molecule has 0 saturated carbocycles. The third-order valence-corrected chi connectivity index (χ3v) is 3.84. The Morgan fingerprint density at radius 1 is 1.61 bits per heavy atom. The van der Waals surface area contributed by atoms with E-state index in [0.717, 1.165) is 31.8 Å². The van der Waals surface area contributed by atoms with Crippen molar-refractivity contribution < 1.29 is 9.53 Å². The van der Waals surface area contributed by atoms with Crippen LogP contribution in [-0.2, 0) is 16.1 Å². The van der Waals surface area contributed by atoms with Crippen molar-refractivity contribution in [3.8, 4) is 0 Å². The number of hydrogen-bond acceptors (Lipinski definition) is 4. The molecule has 5 nitrogen and oxygen atoms in total. The Bertz CT molecular complexity index is 443. The summed E-state index contributed by atoms with van der Waals surface area (Å²) in [5.74, 6) is 1.45. The second-order valence-electron chi connectivity index (χ2n) is 5.26. The largest absolute Gasteiger partial charge is 0.461 e. The van der Waals surface area contributed by atoms with Crippen LogP contribution in [0.4, 0.5) is 0 Å². The molecule has 2 aliphatic rings. The Morgan fingerprint density at radius 2 is 2.50 bits per heavy atom. The fourth-order valence-electron chi connectivity index (χ4n) is 2.91. The van der Waals surface area contributed by atoms with Gasteiger partial charge in [-0.1, -0.05) is 0 Å². The molecule has 0 radical (unpaired) electrons. The number of imidazole rings is 1. The van der Waals surface area contributed by atoms with Crippen molar-refractivity contribution in [3.63, 3.8) is 0 Å². The minimum atomic E-state index is -0.134. The van der Waals surface area contributed by atoms with Crippen molar-refractivity contribution in [2.45, 2.75) is 50.8 Å². The van der Waals surface area contributed by atoms with Crippen LogP contribution in [0.3, 0.4) is 0 Å². The maximum atomic E-state index is 11.5. The Morgan fingerprint density at radius 3 is 3.28 bits per heavy atom. The summed E-state index contributed by atoms with van der Waals surface area (Å²) in [6.45, 7) is 3.81. The van der Waals surface area contributed by atoms with Crippen molar-refractivity contribution in [2.75, 3.05) is 6.54 Å². The molecule has 0 bridgehead atoms. The van der Waals surface area contributed by atoms with E-state index >= 15 is 0 Å². The highest BCUT2D eigenvalue weighted by Gasteiger charge is 2.32. The molecule has 3 heterocycles. The molecule has 0 aromatic carbocycles. The molecule has 0 amide bonds. The van der Waals surface area contributed by atoms with Gasteiger partial charge in [-0.2, -0.15) is 0 Å². The van der Waals surface area contributed by atoms with E-state index < -0.39 is 0 Å². The number of cyclic esters (lactones) is 1. The normalized spacial score (nSPS) is 31.2. The van der Waals surface area contributed by atoms with Gasteiger partial charge < -0.3 is 14.6 Å². The lowest BCUT2D eigenvalue weighted by molar-refractivity contribution is -0.142. The van der Waals surface area contributed by atoms with E-state index in [1.54, 1.807) is 0 Å². The van der Waals surface area contributed by atoms with Crippen LogP contribution in [0.15, 0.2) is 12.4 Å². The quantitative estimate of drug-likeness (QED) is 0.814. The van der Waals surface area contributed by atoms with Gasteiger partial charge >= 0.3 is 5.97 Å². The van der Waals surface area contributed by atoms with Crippen LogP contribution in [0.2, 0.25) is 0 Å². The number of esters is 1. The molecule has 1 aromatic rings. The zero-order valence-corrected chi connectivity index (χ0v) is 10.6. The monoisotopic (exact) mass is 249 g/mol. The number of rotatable bonds is 3. The van der Waals surface area contributed by atoms with Gasteiger partial charge in [-0.05, 0) is 19.8 Å². The smallest absolute Gasteiger partial charge is 0.323 e. The summed E-state index contributed by atoms with van der Waals surface area (Å²) < 4.78 is 7.36. The average Bonchev–Trinajstić information content (AvgIpc) is 2.93. The number of fused-ring (bicyclic) bond motifs is 1. The predicted molar refractivity (Wildman–Crippen MR) is 66.2 cm³/mol. The summed E-state index contributed by atoms with van der Waals surface area (Å²) in [7, 11) is 0. The molecule has 3 rings (SSSR count). The number of aryl methyl sites for hydroxylation is 1. The number of nitrogens with zero attached hydrogens (tertiary/aromatic N) is 2. The molecule has 1 saturated heterocycles. The van der Waals surface area contributed by atoms with Gasteiger partial charge in [0.05, 0.1) is 0 Å². The molecule has 98 valence electrons. The predicted octanol–water partition coefficient (Wildman–Crippen LogP) is 1.05. The van der Waals surface area contributed by atoms with E-state index in [2.05, 4.69) is 14.9 Å². The number of carbonyl (C=O) groups is 1. The lowest BCUT2D eigenvalue weighted by Gasteiger charge is -2.24. The summed E-state index contributed by atoms with van der Waals surface area (Å²) in [4.78, 5) is 16.0. The third kappa shape index (κ3) is 2.14. The first-order chi connectivity index (χ1) is 8.74. The first-order valence-electron chi connectivity index (χ1n) is 6.69. The maximum absolute atomic E-state index is 11.5. The summed E-state index contributed by atoms with van der Waals surface area (Å²) in [5, 5.41) is 3.33. The van der Waals surface area contributed by atoms with E-state index in [0.29, 0.717) is 5.92 Å². The Balaban J connectivity index is 1.60. The lowest BCUT2D eigenvalue weighted by atomic mass is 9.98. The average molecular weight is 249 g/mol. The first-order valence-corrected chi connectivity index (χ1v) is 6.69. The van der Waals surface area contributed by atoms with Gasteiger partial charge in [-0.3, -0.25) is 4.79 Å². The molecular weight excluding hydrogens is 230 g/mol. The van der Waals surface area contributed by atoms with Crippen LogP contribution in [0.5, 0.6) is 0 Å². The topological polar surface area (TPSA) is 56.2 Å². The Labute approximate surface area is 107 Å². The minimum Gasteiger partial charge on any atom is -0.461 e. The molecule has 1 N–H and O–H groups in total. The Kier molecular flexibility index (Phi) is 3.07. The third-order valence-electron chi connectivity index (χ3n) is 3.84. The van der Waals surface area contributed by atoms with Gasteiger partial charge in [0, 0.05) is 37.8 Å². The highest BCUT2D eigenvalue weighted by molar-refractivity contribution is 5.77. The van der Waals surface area contributed by atoms with Gasteiger partial charge in [0.15, 0.2) is 0 Å². The second kappa shape index (κ2) is 4.72. The van der Waals surface area contributed by atoms with Gasteiger partial charge in [-0.25, -0.2) is 4.98 Å². The second-order valence-corrected chi connectivity index (χ2v) is 5.26. The zero-order valence-electron chi connectivity index (χ0n) is 10.6. The number of ether oxygens (including phenoxy) is 1. The van der Waals surface area contributed by atoms with Crippen LogP contribution in [0.1, 0.15) is 37.9 Å². The van der Waals surface area contributed by atoms with Crippen molar-refractivity contribution in [2.24, 2.45) is 0 Å². The van der Waals surface area contributed by atoms with Gasteiger partial charge in [0.25, 0.3) is 0 Å². The summed E-state index contributed by atoms with van der Waals surface area (Å²) in [6, 6.07) is -0.134. The SMILES string of the molecule is C[C@@H]1C[C@H](NC[C@H]2CCCn3ccnc32)C(=O)O1. The Hall–Kier alpha value is -1.36. The zero-order chi connectivity index (χ0) is 12.5. The number of aromatic nitrogens is 2. The van der Waals surface area contributed by atoms with Crippen molar-refractivity contribution in [1.29, 1.82) is 0 Å². The first kappa shape index (κ1) is 11.7. The van der Waals surface area contributed by atoms with Crippen LogP contribution in [0.25, 0.3) is 0 Å². The van der Waals surface area contributed by atoms with Crippen LogP contribution in [-0.4, -0.2) is 34.2 Å². The van der Waals surface area contributed by atoms with E-state index in [1.165, 1.54) is 6.42 Å². The molecular formula is C13H19N3O2. The minimum absolute atomic E-state index is 0.0448.